The largest absolute Gasteiger partial charge is 0.394 e. The molecule has 3 aromatic heterocycles. The highest BCUT2D eigenvalue weighted by atomic mass is 16.6. The standard InChI is InChI=1S/C16H19N7O4/c17-13-10-14(21-7-20-13)23(15-12(26)11(25)9(6-24)27-15)16(22-10)19-5-8-2-1-3-18-4-8/h1-4,7,9,11-12,15,24-26H,5-6H2,(H,19,22)(H2,17,20,21)/t9-,11?,12?,15-/m1/s1. The number of fused-ring (bicyclic) bond motifs is 1. The number of hydrogen-bond acceptors (Lipinski definition) is 10. The molecule has 1 aliphatic rings. The lowest BCUT2D eigenvalue weighted by molar-refractivity contribution is -0.0501. The van der Waals surface area contributed by atoms with Gasteiger partial charge in [-0.3, -0.25) is 9.55 Å². The molecule has 0 bridgehead atoms. The number of nitrogen functional groups attached to an aromatic ring is 1. The topological polar surface area (TPSA) is 164 Å². The number of imidazole rings is 1. The number of aliphatic hydroxyl groups excluding tert-OH is 3. The SMILES string of the molecule is Nc1ncnc2c1nc(NCc1cccnc1)n2[C@@H]1O[C@H](CO)C(O)C1O. The van der Waals surface area contributed by atoms with E-state index >= 15 is 0 Å². The zero-order chi connectivity index (χ0) is 19.0. The maximum atomic E-state index is 10.4. The van der Waals surface area contributed by atoms with Crippen molar-refractivity contribution in [3.63, 3.8) is 0 Å². The number of anilines is 2. The van der Waals surface area contributed by atoms with Crippen LogP contribution in [0.1, 0.15) is 11.8 Å². The Balaban J connectivity index is 1.74. The van der Waals surface area contributed by atoms with E-state index in [2.05, 4.69) is 25.3 Å². The minimum absolute atomic E-state index is 0.176. The molecule has 11 nitrogen and oxygen atoms in total. The lowest BCUT2D eigenvalue weighted by Crippen LogP contribution is -2.33. The maximum Gasteiger partial charge on any atom is 0.207 e. The third-order valence-corrected chi connectivity index (χ3v) is 4.45. The van der Waals surface area contributed by atoms with Crippen LogP contribution in [0.25, 0.3) is 11.2 Å². The minimum atomic E-state index is -1.28. The monoisotopic (exact) mass is 373 g/mol. The quantitative estimate of drug-likeness (QED) is 0.375. The van der Waals surface area contributed by atoms with E-state index in [1.54, 1.807) is 12.4 Å². The molecule has 0 radical (unpaired) electrons. The van der Waals surface area contributed by atoms with Gasteiger partial charge in [0.15, 0.2) is 23.2 Å². The first kappa shape index (κ1) is 17.5. The van der Waals surface area contributed by atoms with Crippen LogP contribution in [-0.2, 0) is 11.3 Å². The first-order valence-electron chi connectivity index (χ1n) is 8.33. The Morgan fingerprint density at radius 2 is 2.11 bits per heavy atom. The number of nitrogens with two attached hydrogens (primary N) is 1. The number of pyridine rings is 1. The average Bonchev–Trinajstić information content (AvgIpc) is 3.19. The highest BCUT2D eigenvalue weighted by Gasteiger charge is 2.45. The summed E-state index contributed by atoms with van der Waals surface area (Å²) < 4.78 is 7.15. The molecule has 6 N–H and O–H groups in total. The van der Waals surface area contributed by atoms with Crippen LogP contribution in [0.3, 0.4) is 0 Å². The smallest absolute Gasteiger partial charge is 0.207 e. The van der Waals surface area contributed by atoms with Crippen molar-refractivity contribution < 1.29 is 20.1 Å². The Kier molecular flexibility index (Phi) is 4.58. The van der Waals surface area contributed by atoms with Crippen molar-refractivity contribution in [1.82, 2.24) is 24.5 Å². The molecular weight excluding hydrogens is 354 g/mol. The number of aliphatic hydroxyl groups is 3. The molecule has 1 fully saturated rings. The van der Waals surface area contributed by atoms with E-state index in [4.69, 9.17) is 10.5 Å². The Labute approximate surface area is 153 Å². The van der Waals surface area contributed by atoms with Gasteiger partial charge in [-0.05, 0) is 11.6 Å². The molecule has 11 heteroatoms. The molecule has 1 aliphatic heterocycles. The first-order chi connectivity index (χ1) is 13.1. The zero-order valence-corrected chi connectivity index (χ0v) is 14.2. The van der Waals surface area contributed by atoms with Crippen LogP contribution in [0.4, 0.5) is 11.8 Å². The van der Waals surface area contributed by atoms with Crippen molar-refractivity contribution in [2.75, 3.05) is 17.7 Å². The van der Waals surface area contributed by atoms with Gasteiger partial charge in [0.25, 0.3) is 0 Å². The van der Waals surface area contributed by atoms with Gasteiger partial charge in [0, 0.05) is 18.9 Å². The van der Waals surface area contributed by atoms with E-state index in [1.807, 2.05) is 12.1 Å². The molecule has 27 heavy (non-hydrogen) atoms. The van der Waals surface area contributed by atoms with E-state index in [1.165, 1.54) is 10.9 Å². The predicted octanol–water partition coefficient (Wildman–Crippen LogP) is -0.973. The van der Waals surface area contributed by atoms with Crippen LogP contribution in [-0.4, -0.2) is 64.7 Å². The summed E-state index contributed by atoms with van der Waals surface area (Å²) in [6.07, 6.45) is 0.203. The van der Waals surface area contributed by atoms with Crippen molar-refractivity contribution >= 4 is 22.9 Å². The Hall–Kier alpha value is -2.86. The van der Waals surface area contributed by atoms with E-state index in [0.29, 0.717) is 23.7 Å². The van der Waals surface area contributed by atoms with Crippen molar-refractivity contribution in [2.45, 2.75) is 31.1 Å². The lowest BCUT2D eigenvalue weighted by atomic mass is 10.1. The molecule has 4 rings (SSSR count). The number of hydrogen-bond donors (Lipinski definition) is 5. The van der Waals surface area contributed by atoms with Crippen LogP contribution in [0.15, 0.2) is 30.9 Å². The Morgan fingerprint density at radius 3 is 2.81 bits per heavy atom. The van der Waals surface area contributed by atoms with Gasteiger partial charge in [0.05, 0.1) is 6.61 Å². The highest BCUT2D eigenvalue weighted by Crippen LogP contribution is 2.35. The van der Waals surface area contributed by atoms with Gasteiger partial charge in [0.2, 0.25) is 5.95 Å². The fourth-order valence-electron chi connectivity index (χ4n) is 3.07. The lowest BCUT2D eigenvalue weighted by Gasteiger charge is -2.19. The van der Waals surface area contributed by atoms with E-state index < -0.39 is 31.1 Å². The van der Waals surface area contributed by atoms with E-state index in [0.717, 1.165) is 5.56 Å². The molecule has 1 saturated heterocycles. The van der Waals surface area contributed by atoms with Gasteiger partial charge < -0.3 is 31.1 Å². The summed E-state index contributed by atoms with van der Waals surface area (Å²) in [4.78, 5) is 16.6. The van der Waals surface area contributed by atoms with E-state index in [-0.39, 0.29) is 5.82 Å². The summed E-state index contributed by atoms with van der Waals surface area (Å²) in [6, 6.07) is 3.71. The first-order valence-corrected chi connectivity index (χ1v) is 8.33. The summed E-state index contributed by atoms with van der Waals surface area (Å²) >= 11 is 0. The molecule has 4 atom stereocenters. The number of ether oxygens (including phenoxy) is 1. The molecule has 0 aliphatic carbocycles. The molecule has 0 spiro atoms. The van der Waals surface area contributed by atoms with Crippen molar-refractivity contribution in [1.29, 1.82) is 0 Å². The van der Waals surface area contributed by atoms with Crippen LogP contribution in [0.5, 0.6) is 0 Å². The van der Waals surface area contributed by atoms with Gasteiger partial charge >= 0.3 is 0 Å². The van der Waals surface area contributed by atoms with Crippen LogP contribution in [0.2, 0.25) is 0 Å². The molecule has 142 valence electrons. The summed E-state index contributed by atoms with van der Waals surface area (Å²) in [5.74, 6) is 0.505. The normalized spacial score (nSPS) is 25.1. The molecule has 0 aromatic carbocycles. The summed E-state index contributed by atoms with van der Waals surface area (Å²) in [5.41, 5.74) is 7.49. The summed E-state index contributed by atoms with van der Waals surface area (Å²) in [6.45, 7) is -0.0315. The minimum Gasteiger partial charge on any atom is -0.394 e. The average molecular weight is 373 g/mol. The molecule has 0 saturated carbocycles. The van der Waals surface area contributed by atoms with Crippen molar-refractivity contribution in [2.24, 2.45) is 0 Å². The molecule has 2 unspecified atom stereocenters. The van der Waals surface area contributed by atoms with E-state index in [9.17, 15) is 15.3 Å². The molecule has 3 aromatic rings. The van der Waals surface area contributed by atoms with Crippen molar-refractivity contribution in [3.05, 3.63) is 36.4 Å². The van der Waals surface area contributed by atoms with Crippen LogP contribution >= 0.6 is 0 Å². The second-order valence-corrected chi connectivity index (χ2v) is 6.18. The van der Waals surface area contributed by atoms with Crippen molar-refractivity contribution in [3.8, 4) is 0 Å². The third-order valence-electron chi connectivity index (χ3n) is 4.45. The second-order valence-electron chi connectivity index (χ2n) is 6.18. The second kappa shape index (κ2) is 7.04. The van der Waals surface area contributed by atoms with Gasteiger partial charge in [-0.25, -0.2) is 15.0 Å². The van der Waals surface area contributed by atoms with Crippen LogP contribution in [0, 0.1) is 0 Å². The summed E-state index contributed by atoms with van der Waals surface area (Å²) in [7, 11) is 0. The van der Waals surface area contributed by atoms with Gasteiger partial charge in [-0.15, -0.1) is 0 Å². The van der Waals surface area contributed by atoms with Gasteiger partial charge in [-0.2, -0.15) is 0 Å². The van der Waals surface area contributed by atoms with Gasteiger partial charge in [0.1, 0.15) is 24.6 Å². The highest BCUT2D eigenvalue weighted by molar-refractivity contribution is 5.84. The Morgan fingerprint density at radius 1 is 1.26 bits per heavy atom. The Bertz CT molecular complexity index is 935. The summed E-state index contributed by atoms with van der Waals surface area (Å²) in [5, 5.41) is 33.0. The molecular formula is C16H19N7O4. The molecule has 0 amide bonds. The van der Waals surface area contributed by atoms with Crippen LogP contribution < -0.4 is 11.1 Å². The van der Waals surface area contributed by atoms with Gasteiger partial charge in [-0.1, -0.05) is 6.07 Å². The maximum absolute atomic E-state index is 10.4. The molecule has 4 heterocycles. The number of aromatic nitrogens is 5. The fourth-order valence-corrected chi connectivity index (χ4v) is 3.07. The fraction of sp³-hybridized carbons (Fsp3) is 0.375. The zero-order valence-electron chi connectivity index (χ0n) is 14.2. The third kappa shape index (κ3) is 3.06. The number of nitrogens with one attached hydrogen (secondary N) is 1. The number of nitrogens with zero attached hydrogens (tertiary/aromatic N) is 5. The number of rotatable bonds is 5. The predicted molar refractivity (Wildman–Crippen MR) is 94.3 cm³/mol.